The molecule has 0 radical (unpaired) electrons. The van der Waals surface area contributed by atoms with E-state index in [9.17, 15) is 4.39 Å². The maximum atomic E-state index is 13.6. The first-order chi connectivity index (χ1) is 15.2. The van der Waals surface area contributed by atoms with Crippen LogP contribution in [0, 0.1) is 5.82 Å². The molecule has 2 aliphatic rings. The molecule has 0 bridgehead atoms. The second-order valence-corrected chi connectivity index (χ2v) is 8.01. The maximum absolute atomic E-state index is 13.6. The van der Waals surface area contributed by atoms with E-state index in [-0.39, 0.29) is 5.82 Å². The van der Waals surface area contributed by atoms with Gasteiger partial charge in [0, 0.05) is 42.3 Å². The van der Waals surface area contributed by atoms with E-state index < -0.39 is 0 Å². The lowest BCUT2D eigenvalue weighted by atomic mass is 10.1. The quantitative estimate of drug-likeness (QED) is 0.502. The molecule has 4 heterocycles. The molecular weight excluding hydrogens is 391 g/mol. The Morgan fingerprint density at radius 2 is 1.84 bits per heavy atom. The van der Waals surface area contributed by atoms with Gasteiger partial charge in [-0.3, -0.25) is 4.57 Å². The second kappa shape index (κ2) is 7.19. The number of nitrogens with one attached hydrogen (secondary N) is 1. The van der Waals surface area contributed by atoms with Crippen LogP contribution in [0.15, 0.2) is 67.1 Å². The lowest BCUT2D eigenvalue weighted by Crippen LogP contribution is -2.08. The van der Waals surface area contributed by atoms with Crippen LogP contribution in [0.3, 0.4) is 0 Å². The molecule has 6 nitrogen and oxygen atoms in total. The number of halogens is 1. The number of allylic oxidation sites excluding steroid dienone is 2. The Labute approximate surface area is 179 Å². The normalized spacial score (nSPS) is 15.1. The van der Waals surface area contributed by atoms with Gasteiger partial charge in [-0.1, -0.05) is 6.08 Å². The van der Waals surface area contributed by atoms with E-state index in [1.165, 1.54) is 12.1 Å². The summed E-state index contributed by atoms with van der Waals surface area (Å²) < 4.78 is 17.9. The van der Waals surface area contributed by atoms with Crippen LogP contribution in [0.5, 0.6) is 0 Å². The molecule has 0 spiro atoms. The van der Waals surface area contributed by atoms with Crippen molar-refractivity contribution in [2.75, 3.05) is 5.32 Å². The van der Waals surface area contributed by atoms with E-state index in [1.807, 2.05) is 18.2 Å². The molecule has 1 N–H and O–H groups in total. The average Bonchev–Trinajstić information content (AvgIpc) is 3.15. The van der Waals surface area contributed by atoms with E-state index in [4.69, 9.17) is 9.97 Å². The van der Waals surface area contributed by atoms with Crippen molar-refractivity contribution in [3.05, 3.63) is 78.8 Å². The summed E-state index contributed by atoms with van der Waals surface area (Å²) in [6.45, 7) is 0.741. The number of aromatic nitrogens is 5. The van der Waals surface area contributed by atoms with E-state index in [2.05, 4.69) is 37.9 Å². The Morgan fingerprint density at radius 3 is 2.61 bits per heavy atom. The van der Waals surface area contributed by atoms with Crippen molar-refractivity contribution >= 4 is 11.6 Å². The van der Waals surface area contributed by atoms with E-state index in [1.54, 1.807) is 18.3 Å². The third-order valence-electron chi connectivity index (χ3n) is 5.69. The lowest BCUT2D eigenvalue weighted by Gasteiger charge is -2.14. The molecule has 0 atom stereocenters. The molecule has 1 saturated carbocycles. The summed E-state index contributed by atoms with van der Waals surface area (Å²) in [5.41, 5.74) is 4.55. The molecule has 0 saturated heterocycles. The molecule has 4 aromatic rings. The molecule has 1 aliphatic heterocycles. The van der Waals surface area contributed by atoms with Crippen molar-refractivity contribution in [2.45, 2.75) is 31.8 Å². The molecule has 1 fully saturated rings. The van der Waals surface area contributed by atoms with Gasteiger partial charge in [0.25, 0.3) is 0 Å². The average molecular weight is 412 g/mol. The van der Waals surface area contributed by atoms with Crippen LogP contribution in [0.2, 0.25) is 0 Å². The van der Waals surface area contributed by atoms with Gasteiger partial charge < -0.3 is 9.88 Å². The Balaban J connectivity index is 1.49. The van der Waals surface area contributed by atoms with Crippen LogP contribution in [0.25, 0.3) is 28.3 Å². The molecule has 1 aromatic carbocycles. The minimum absolute atomic E-state index is 0.261. The monoisotopic (exact) mass is 412 g/mol. The second-order valence-electron chi connectivity index (χ2n) is 8.01. The standard InChI is InChI=1S/C24H21FN6/c25-17-5-3-16(4-6-17)22-23(20-11-12-26-24(28-20)27-18-7-8-18)31-19(9-10-21(31)29-22)15-30-13-1-2-14-30/h1-6,9,11-14,18H,7-8,10,15H2,(H,26,27,28). The Hall–Kier alpha value is -3.74. The summed E-state index contributed by atoms with van der Waals surface area (Å²) in [5, 5.41) is 3.38. The van der Waals surface area contributed by atoms with Gasteiger partial charge in [-0.15, -0.1) is 0 Å². The number of anilines is 1. The number of nitrogens with zero attached hydrogens (tertiary/aromatic N) is 5. The molecule has 0 amide bonds. The van der Waals surface area contributed by atoms with Crippen molar-refractivity contribution < 1.29 is 4.39 Å². The van der Waals surface area contributed by atoms with E-state index >= 15 is 0 Å². The number of hydrogen-bond acceptors (Lipinski definition) is 4. The molecule has 6 rings (SSSR count). The first-order valence-corrected chi connectivity index (χ1v) is 10.5. The number of rotatable bonds is 6. The molecule has 0 unspecified atom stereocenters. The fourth-order valence-corrected chi connectivity index (χ4v) is 4.03. The van der Waals surface area contributed by atoms with Gasteiger partial charge in [-0.2, -0.15) is 0 Å². The number of hydrogen-bond donors (Lipinski definition) is 1. The van der Waals surface area contributed by atoms with Crippen molar-refractivity contribution in [3.63, 3.8) is 0 Å². The topological polar surface area (TPSA) is 60.6 Å². The summed E-state index contributed by atoms with van der Waals surface area (Å²) in [5.74, 6) is 1.34. The van der Waals surface area contributed by atoms with Gasteiger partial charge in [0.05, 0.1) is 23.6 Å². The van der Waals surface area contributed by atoms with E-state index in [0.29, 0.717) is 12.0 Å². The lowest BCUT2D eigenvalue weighted by molar-refractivity contribution is 0.628. The highest BCUT2D eigenvalue weighted by Gasteiger charge is 2.27. The Kier molecular flexibility index (Phi) is 4.19. The highest BCUT2D eigenvalue weighted by molar-refractivity contribution is 5.81. The third kappa shape index (κ3) is 3.42. The molecule has 3 aromatic heterocycles. The van der Waals surface area contributed by atoms with Crippen molar-refractivity contribution in [1.29, 1.82) is 0 Å². The number of benzene rings is 1. The molecule has 1 aliphatic carbocycles. The minimum atomic E-state index is -0.261. The summed E-state index contributed by atoms with van der Waals surface area (Å²) in [4.78, 5) is 14.2. The summed E-state index contributed by atoms with van der Waals surface area (Å²) in [6.07, 6.45) is 11.2. The SMILES string of the molecule is Fc1ccc(-c2nc3n(c2-c2ccnc(NC4CC4)n2)C(Cn2cccc2)=CC3)cc1. The minimum Gasteiger partial charge on any atom is -0.351 e. The number of imidazole rings is 1. The van der Waals surface area contributed by atoms with Crippen molar-refractivity contribution in [3.8, 4) is 22.6 Å². The van der Waals surface area contributed by atoms with E-state index in [0.717, 1.165) is 60.0 Å². The van der Waals surface area contributed by atoms with Gasteiger partial charge in [0.2, 0.25) is 5.95 Å². The number of fused-ring (bicyclic) bond motifs is 1. The maximum Gasteiger partial charge on any atom is 0.223 e. The third-order valence-corrected chi connectivity index (χ3v) is 5.69. The largest absolute Gasteiger partial charge is 0.351 e. The van der Waals surface area contributed by atoms with Gasteiger partial charge in [0.15, 0.2) is 0 Å². The fraction of sp³-hybridized carbons (Fsp3) is 0.208. The zero-order valence-corrected chi connectivity index (χ0v) is 16.9. The fourth-order valence-electron chi connectivity index (χ4n) is 4.03. The van der Waals surface area contributed by atoms with Gasteiger partial charge >= 0.3 is 0 Å². The summed E-state index contributed by atoms with van der Waals surface area (Å²) >= 11 is 0. The smallest absolute Gasteiger partial charge is 0.223 e. The Morgan fingerprint density at radius 1 is 1.03 bits per heavy atom. The van der Waals surface area contributed by atoms with Crippen LogP contribution in [-0.4, -0.2) is 30.1 Å². The summed E-state index contributed by atoms with van der Waals surface area (Å²) in [6, 6.07) is 12.9. The van der Waals surface area contributed by atoms with Crippen LogP contribution < -0.4 is 5.32 Å². The van der Waals surface area contributed by atoms with Crippen LogP contribution in [0.4, 0.5) is 10.3 Å². The first-order valence-electron chi connectivity index (χ1n) is 10.5. The molecule has 7 heteroatoms. The molecule has 31 heavy (non-hydrogen) atoms. The van der Waals surface area contributed by atoms with Crippen LogP contribution >= 0.6 is 0 Å². The predicted octanol–water partition coefficient (Wildman–Crippen LogP) is 4.62. The van der Waals surface area contributed by atoms with Crippen LogP contribution in [-0.2, 0) is 13.0 Å². The van der Waals surface area contributed by atoms with Crippen LogP contribution in [0.1, 0.15) is 18.7 Å². The zero-order chi connectivity index (χ0) is 20.8. The molecule has 154 valence electrons. The first kappa shape index (κ1) is 18.1. The van der Waals surface area contributed by atoms with Gasteiger partial charge in [0.1, 0.15) is 11.6 Å². The Bertz CT molecular complexity index is 1270. The van der Waals surface area contributed by atoms with Gasteiger partial charge in [-0.25, -0.2) is 19.3 Å². The highest BCUT2D eigenvalue weighted by atomic mass is 19.1. The zero-order valence-electron chi connectivity index (χ0n) is 16.9. The predicted molar refractivity (Wildman–Crippen MR) is 118 cm³/mol. The molecular formula is C24H21FN6. The summed E-state index contributed by atoms with van der Waals surface area (Å²) in [7, 11) is 0. The van der Waals surface area contributed by atoms with Crippen molar-refractivity contribution in [2.24, 2.45) is 0 Å². The highest BCUT2D eigenvalue weighted by Crippen LogP contribution is 2.37. The van der Waals surface area contributed by atoms with Crippen molar-refractivity contribution in [1.82, 2.24) is 24.1 Å². The van der Waals surface area contributed by atoms with Gasteiger partial charge in [-0.05, 0) is 55.3 Å².